The zero-order chi connectivity index (χ0) is 24.5. The minimum Gasteiger partial charge on any atom is -0.378 e. The number of rotatable bonds is 7. The van der Waals surface area contributed by atoms with Crippen molar-refractivity contribution >= 4 is 17.4 Å². The van der Waals surface area contributed by atoms with Crippen LogP contribution in [0.2, 0.25) is 5.02 Å². The van der Waals surface area contributed by atoms with Crippen LogP contribution in [-0.2, 0) is 6.42 Å². The van der Waals surface area contributed by atoms with Crippen LogP contribution in [0, 0.1) is 0 Å². The number of benzene rings is 1. The van der Waals surface area contributed by atoms with Crippen molar-refractivity contribution in [2.75, 3.05) is 44.2 Å². The molecule has 5 rings (SSSR count). The third kappa shape index (κ3) is 5.17. The molecule has 190 valence electrons. The van der Waals surface area contributed by atoms with Crippen LogP contribution in [0.1, 0.15) is 54.8 Å². The van der Waals surface area contributed by atoms with E-state index in [1.165, 1.54) is 5.56 Å². The molecule has 9 heteroatoms. The summed E-state index contributed by atoms with van der Waals surface area (Å²) in [4.78, 5) is 15.4. The third-order valence-corrected chi connectivity index (χ3v) is 8.27. The molecular weight excluding hydrogens is 472 g/mol. The summed E-state index contributed by atoms with van der Waals surface area (Å²) in [6.45, 7) is 5.49. The van der Waals surface area contributed by atoms with Gasteiger partial charge in [0, 0.05) is 54.4 Å². The van der Waals surface area contributed by atoms with Crippen LogP contribution in [0.15, 0.2) is 30.6 Å². The van der Waals surface area contributed by atoms with E-state index >= 15 is 0 Å². The number of anilines is 1. The van der Waals surface area contributed by atoms with Gasteiger partial charge in [0.15, 0.2) is 0 Å². The molecule has 1 aromatic heterocycles. The molecule has 0 bridgehead atoms. The SMILES string of the molecule is CC1CCc2ncnc(N3CCN(C(O)[C@@H](c4ccc(Cl)cc4)[C@@H]4CCCN4CC(F)F)CC3)c21. The van der Waals surface area contributed by atoms with Crippen LogP contribution in [0.4, 0.5) is 14.6 Å². The predicted octanol–water partition coefficient (Wildman–Crippen LogP) is 4.13. The number of hydrogen-bond donors (Lipinski definition) is 1. The summed E-state index contributed by atoms with van der Waals surface area (Å²) in [6, 6.07) is 7.35. The molecule has 0 saturated carbocycles. The van der Waals surface area contributed by atoms with Crippen molar-refractivity contribution in [1.82, 2.24) is 19.8 Å². The standard InChI is InChI=1S/C26H34ClF2N5O/c1-17-4-9-20-23(17)25(31-16-30-20)32-11-13-33(14-12-32)26(35)24(18-5-7-19(27)8-6-18)21-3-2-10-34(21)15-22(28)29/h5-8,16-17,21-22,24,26,35H,2-4,9-15H2,1H3/t17?,21-,24-,26?/m0/s1. The highest BCUT2D eigenvalue weighted by atomic mass is 35.5. The van der Waals surface area contributed by atoms with Crippen molar-refractivity contribution in [3.05, 3.63) is 52.4 Å². The monoisotopic (exact) mass is 505 g/mol. The van der Waals surface area contributed by atoms with Crippen LogP contribution in [0.3, 0.4) is 0 Å². The van der Waals surface area contributed by atoms with Crippen molar-refractivity contribution in [2.24, 2.45) is 0 Å². The summed E-state index contributed by atoms with van der Waals surface area (Å²) in [7, 11) is 0. The van der Waals surface area contributed by atoms with Gasteiger partial charge in [-0.1, -0.05) is 30.7 Å². The average Bonchev–Trinajstić information content (AvgIpc) is 3.46. The summed E-state index contributed by atoms with van der Waals surface area (Å²) in [6.07, 6.45) is 2.28. The Morgan fingerprint density at radius 1 is 1.06 bits per heavy atom. The molecule has 3 heterocycles. The predicted molar refractivity (Wildman–Crippen MR) is 133 cm³/mol. The first-order valence-corrected chi connectivity index (χ1v) is 13.1. The zero-order valence-electron chi connectivity index (χ0n) is 20.2. The molecule has 35 heavy (non-hydrogen) atoms. The second-order valence-corrected chi connectivity index (χ2v) is 10.5. The van der Waals surface area contributed by atoms with Gasteiger partial charge in [-0.3, -0.25) is 9.80 Å². The van der Waals surface area contributed by atoms with Crippen molar-refractivity contribution < 1.29 is 13.9 Å². The van der Waals surface area contributed by atoms with Crippen molar-refractivity contribution in [1.29, 1.82) is 0 Å². The largest absolute Gasteiger partial charge is 0.378 e. The Bertz CT molecular complexity index is 1000. The molecule has 0 radical (unpaired) electrons. The topological polar surface area (TPSA) is 55.7 Å². The van der Waals surface area contributed by atoms with Gasteiger partial charge in [-0.2, -0.15) is 0 Å². The molecule has 1 aromatic carbocycles. The van der Waals surface area contributed by atoms with E-state index in [2.05, 4.69) is 26.7 Å². The maximum atomic E-state index is 13.3. The van der Waals surface area contributed by atoms with E-state index in [-0.39, 0.29) is 18.5 Å². The quantitative estimate of drug-likeness (QED) is 0.610. The molecule has 1 N–H and O–H groups in total. The molecule has 0 amide bonds. The lowest BCUT2D eigenvalue weighted by atomic mass is 9.87. The normalized spacial score (nSPS) is 25.3. The highest BCUT2D eigenvalue weighted by Crippen LogP contribution is 2.39. The van der Waals surface area contributed by atoms with E-state index in [1.54, 1.807) is 6.33 Å². The van der Waals surface area contributed by atoms with Gasteiger partial charge in [0.05, 0.1) is 6.54 Å². The lowest BCUT2D eigenvalue weighted by Crippen LogP contribution is -2.55. The third-order valence-electron chi connectivity index (χ3n) is 8.02. The van der Waals surface area contributed by atoms with E-state index < -0.39 is 12.7 Å². The van der Waals surface area contributed by atoms with E-state index in [0.717, 1.165) is 55.8 Å². The van der Waals surface area contributed by atoms with Crippen LogP contribution < -0.4 is 4.90 Å². The average molecular weight is 506 g/mol. The number of nitrogens with zero attached hydrogens (tertiary/aromatic N) is 5. The fourth-order valence-electron chi connectivity index (χ4n) is 6.24. The molecule has 6 nitrogen and oxygen atoms in total. The first-order valence-electron chi connectivity index (χ1n) is 12.7. The van der Waals surface area contributed by atoms with Crippen molar-refractivity contribution in [3.8, 4) is 0 Å². The second kappa shape index (κ2) is 10.6. The summed E-state index contributed by atoms with van der Waals surface area (Å²) < 4.78 is 26.6. The van der Waals surface area contributed by atoms with E-state index in [9.17, 15) is 13.9 Å². The fourth-order valence-corrected chi connectivity index (χ4v) is 6.37. The molecule has 2 aromatic rings. The van der Waals surface area contributed by atoms with Gasteiger partial charge >= 0.3 is 0 Å². The summed E-state index contributed by atoms with van der Waals surface area (Å²) in [5, 5.41) is 12.3. The molecule has 4 atom stereocenters. The van der Waals surface area contributed by atoms with Crippen LogP contribution in [0.25, 0.3) is 0 Å². The molecule has 2 aliphatic heterocycles. The number of aliphatic hydroxyl groups is 1. The Labute approximate surface area is 210 Å². The maximum absolute atomic E-state index is 13.3. The summed E-state index contributed by atoms with van der Waals surface area (Å²) >= 11 is 6.13. The van der Waals surface area contributed by atoms with E-state index in [4.69, 9.17) is 11.6 Å². The number of hydrogen-bond acceptors (Lipinski definition) is 6. The Morgan fingerprint density at radius 2 is 1.80 bits per heavy atom. The highest BCUT2D eigenvalue weighted by Gasteiger charge is 2.40. The van der Waals surface area contributed by atoms with Gasteiger partial charge in [0.1, 0.15) is 18.4 Å². The summed E-state index contributed by atoms with van der Waals surface area (Å²) in [5.41, 5.74) is 3.38. The van der Waals surface area contributed by atoms with E-state index in [0.29, 0.717) is 30.6 Å². The molecule has 1 aliphatic carbocycles. The van der Waals surface area contributed by atoms with Gasteiger partial charge < -0.3 is 10.0 Å². The number of aromatic nitrogens is 2. The van der Waals surface area contributed by atoms with Gasteiger partial charge in [-0.05, 0) is 55.8 Å². The van der Waals surface area contributed by atoms with Crippen molar-refractivity contribution in [3.63, 3.8) is 0 Å². The summed E-state index contributed by atoms with van der Waals surface area (Å²) in [5.74, 6) is 1.20. The maximum Gasteiger partial charge on any atom is 0.251 e. The molecular formula is C26H34ClF2N5O. The van der Waals surface area contributed by atoms with E-state index in [1.807, 2.05) is 29.2 Å². The number of fused-ring (bicyclic) bond motifs is 1. The number of aryl methyl sites for hydroxylation is 1. The molecule has 3 aliphatic rings. The first kappa shape index (κ1) is 24.8. The fraction of sp³-hybridized carbons (Fsp3) is 0.615. The first-order chi connectivity index (χ1) is 16.9. The number of halogens is 3. The van der Waals surface area contributed by atoms with Crippen LogP contribution >= 0.6 is 11.6 Å². The van der Waals surface area contributed by atoms with Gasteiger partial charge in [-0.25, -0.2) is 18.7 Å². The van der Waals surface area contributed by atoms with Crippen LogP contribution in [-0.4, -0.2) is 82.8 Å². The van der Waals surface area contributed by atoms with Gasteiger partial charge in [0.2, 0.25) is 0 Å². The Kier molecular flexibility index (Phi) is 7.53. The minimum absolute atomic E-state index is 0.135. The molecule has 2 saturated heterocycles. The number of aliphatic hydroxyl groups excluding tert-OH is 1. The Balaban J connectivity index is 1.34. The number of alkyl halides is 2. The minimum atomic E-state index is -2.39. The smallest absolute Gasteiger partial charge is 0.251 e. The molecule has 0 spiro atoms. The highest BCUT2D eigenvalue weighted by molar-refractivity contribution is 6.30. The number of piperazine rings is 1. The van der Waals surface area contributed by atoms with Gasteiger partial charge in [-0.15, -0.1) is 0 Å². The molecule has 2 fully saturated rings. The molecule has 2 unspecified atom stereocenters. The lowest BCUT2D eigenvalue weighted by molar-refractivity contribution is -0.0427. The zero-order valence-corrected chi connectivity index (χ0v) is 20.9. The Morgan fingerprint density at radius 3 is 2.51 bits per heavy atom. The Hall–Kier alpha value is -1.87. The number of likely N-dealkylation sites (tertiary alicyclic amines) is 1. The van der Waals surface area contributed by atoms with Gasteiger partial charge in [0.25, 0.3) is 6.43 Å². The lowest BCUT2D eigenvalue weighted by Gasteiger charge is -2.43. The van der Waals surface area contributed by atoms with Crippen LogP contribution in [0.5, 0.6) is 0 Å². The van der Waals surface area contributed by atoms with Crippen molar-refractivity contribution in [2.45, 2.75) is 63.1 Å². The second-order valence-electron chi connectivity index (χ2n) is 10.1.